The monoisotopic (exact) mass is 232 g/mol. The molecular weight excluding hydrogens is 216 g/mol. The Morgan fingerprint density at radius 3 is 3.24 bits per heavy atom. The zero-order valence-corrected chi connectivity index (χ0v) is 9.86. The Balaban J connectivity index is 1.90. The summed E-state index contributed by atoms with van der Waals surface area (Å²) < 4.78 is 5.28. The molecule has 3 heterocycles. The molecule has 2 N–H and O–H groups in total. The van der Waals surface area contributed by atoms with Crippen molar-refractivity contribution in [1.82, 2.24) is 20.3 Å². The Morgan fingerprint density at radius 1 is 1.53 bits per heavy atom. The van der Waals surface area contributed by atoms with E-state index >= 15 is 0 Å². The summed E-state index contributed by atoms with van der Waals surface area (Å²) in [5.74, 6) is 1.78. The van der Waals surface area contributed by atoms with Gasteiger partial charge in [0.2, 0.25) is 0 Å². The standard InChI is InChI=1S/C12H16N4O/c1-17-9-4-6-14-12-11(9)15-10(16-12)7-8-3-2-5-13-8/h4,6,8,13H,2-3,5,7H2,1H3,(H,14,15,16). The number of imidazole rings is 1. The van der Waals surface area contributed by atoms with Gasteiger partial charge in [0.25, 0.3) is 0 Å². The third-order valence-corrected chi connectivity index (χ3v) is 3.22. The van der Waals surface area contributed by atoms with Gasteiger partial charge >= 0.3 is 0 Å². The maximum Gasteiger partial charge on any atom is 0.181 e. The van der Waals surface area contributed by atoms with Crippen molar-refractivity contribution in [2.45, 2.75) is 25.3 Å². The van der Waals surface area contributed by atoms with Crippen molar-refractivity contribution >= 4 is 11.2 Å². The molecule has 0 aromatic carbocycles. The largest absolute Gasteiger partial charge is 0.494 e. The molecule has 3 rings (SSSR count). The van der Waals surface area contributed by atoms with Crippen LogP contribution >= 0.6 is 0 Å². The van der Waals surface area contributed by atoms with E-state index in [1.54, 1.807) is 13.3 Å². The average molecular weight is 232 g/mol. The Kier molecular flexibility index (Phi) is 2.68. The summed E-state index contributed by atoms with van der Waals surface area (Å²) >= 11 is 0. The number of aromatic amines is 1. The summed E-state index contributed by atoms with van der Waals surface area (Å²) in [7, 11) is 1.66. The molecule has 0 saturated carbocycles. The molecule has 0 aliphatic carbocycles. The molecule has 1 aliphatic heterocycles. The number of H-pyrrole nitrogens is 1. The van der Waals surface area contributed by atoms with Crippen molar-refractivity contribution in [3.8, 4) is 5.75 Å². The van der Waals surface area contributed by atoms with Gasteiger partial charge in [-0.05, 0) is 19.4 Å². The molecule has 90 valence electrons. The first kappa shape index (κ1) is 10.5. The number of hydrogen-bond donors (Lipinski definition) is 2. The molecule has 0 radical (unpaired) electrons. The lowest BCUT2D eigenvalue weighted by Crippen LogP contribution is -2.24. The fraction of sp³-hybridized carbons (Fsp3) is 0.500. The second kappa shape index (κ2) is 4.33. The van der Waals surface area contributed by atoms with Gasteiger partial charge in [0, 0.05) is 24.7 Å². The highest BCUT2D eigenvalue weighted by atomic mass is 16.5. The van der Waals surface area contributed by atoms with Gasteiger partial charge in [-0.1, -0.05) is 0 Å². The van der Waals surface area contributed by atoms with Crippen molar-refractivity contribution < 1.29 is 4.74 Å². The van der Waals surface area contributed by atoms with Gasteiger partial charge in [0.1, 0.15) is 17.1 Å². The summed E-state index contributed by atoms with van der Waals surface area (Å²) in [5.41, 5.74) is 1.63. The summed E-state index contributed by atoms with van der Waals surface area (Å²) in [6, 6.07) is 2.39. The first-order valence-electron chi connectivity index (χ1n) is 5.98. The Morgan fingerprint density at radius 2 is 2.47 bits per heavy atom. The third kappa shape index (κ3) is 1.98. The molecule has 1 atom stereocenters. The van der Waals surface area contributed by atoms with Crippen LogP contribution in [0.5, 0.6) is 5.75 Å². The van der Waals surface area contributed by atoms with E-state index < -0.39 is 0 Å². The van der Waals surface area contributed by atoms with Gasteiger partial charge in [0.15, 0.2) is 5.65 Å². The highest BCUT2D eigenvalue weighted by molar-refractivity contribution is 5.77. The second-order valence-corrected chi connectivity index (χ2v) is 4.39. The number of fused-ring (bicyclic) bond motifs is 1. The van der Waals surface area contributed by atoms with Gasteiger partial charge in [-0.3, -0.25) is 0 Å². The number of hydrogen-bond acceptors (Lipinski definition) is 4. The molecule has 1 aliphatic rings. The molecule has 17 heavy (non-hydrogen) atoms. The van der Waals surface area contributed by atoms with Gasteiger partial charge in [-0.2, -0.15) is 0 Å². The zero-order chi connectivity index (χ0) is 11.7. The molecule has 5 heteroatoms. The molecule has 1 saturated heterocycles. The maximum absolute atomic E-state index is 5.28. The van der Waals surface area contributed by atoms with Crippen LogP contribution in [-0.2, 0) is 6.42 Å². The number of rotatable bonds is 3. The van der Waals surface area contributed by atoms with Crippen LogP contribution in [0.25, 0.3) is 11.2 Å². The number of nitrogens with zero attached hydrogens (tertiary/aromatic N) is 2. The zero-order valence-electron chi connectivity index (χ0n) is 9.86. The second-order valence-electron chi connectivity index (χ2n) is 4.39. The van der Waals surface area contributed by atoms with Crippen molar-refractivity contribution in [2.24, 2.45) is 0 Å². The van der Waals surface area contributed by atoms with Crippen molar-refractivity contribution in [1.29, 1.82) is 0 Å². The van der Waals surface area contributed by atoms with E-state index in [1.807, 2.05) is 6.07 Å². The lowest BCUT2D eigenvalue weighted by molar-refractivity contribution is 0.418. The van der Waals surface area contributed by atoms with E-state index in [4.69, 9.17) is 4.74 Å². The van der Waals surface area contributed by atoms with E-state index in [2.05, 4.69) is 20.3 Å². The molecular formula is C12H16N4O. The van der Waals surface area contributed by atoms with Crippen LogP contribution in [0.1, 0.15) is 18.7 Å². The van der Waals surface area contributed by atoms with Crippen molar-refractivity contribution in [3.05, 3.63) is 18.1 Å². The SMILES string of the molecule is COc1ccnc2nc(CC3CCCN3)[nH]c12. The Hall–Kier alpha value is -1.62. The van der Waals surface area contributed by atoms with Gasteiger partial charge < -0.3 is 15.0 Å². The lowest BCUT2D eigenvalue weighted by Gasteiger charge is -2.06. The maximum atomic E-state index is 5.28. The van der Waals surface area contributed by atoms with Crippen molar-refractivity contribution in [2.75, 3.05) is 13.7 Å². The summed E-state index contributed by atoms with van der Waals surface area (Å²) in [5, 5.41) is 3.47. The summed E-state index contributed by atoms with van der Waals surface area (Å²) in [6.45, 7) is 1.12. The fourth-order valence-electron chi connectivity index (χ4n) is 2.37. The number of methoxy groups -OCH3 is 1. The minimum Gasteiger partial charge on any atom is -0.494 e. The van der Waals surface area contributed by atoms with Crippen molar-refractivity contribution in [3.63, 3.8) is 0 Å². The van der Waals surface area contributed by atoms with E-state index in [9.17, 15) is 0 Å². The van der Waals surface area contributed by atoms with Crippen LogP contribution in [0.15, 0.2) is 12.3 Å². The highest BCUT2D eigenvalue weighted by Gasteiger charge is 2.17. The predicted molar refractivity (Wildman–Crippen MR) is 65.2 cm³/mol. The molecule has 0 amide bonds. The number of aromatic nitrogens is 3. The first-order valence-corrected chi connectivity index (χ1v) is 5.98. The summed E-state index contributed by atoms with van der Waals surface area (Å²) in [6.07, 6.45) is 5.13. The van der Waals surface area contributed by atoms with Crippen LogP contribution in [-0.4, -0.2) is 34.6 Å². The minimum absolute atomic E-state index is 0.543. The first-order chi connectivity index (χ1) is 8.36. The Labute approximate surface area is 99.6 Å². The normalized spacial score (nSPS) is 19.9. The van der Waals surface area contributed by atoms with Gasteiger partial charge in [0.05, 0.1) is 7.11 Å². The lowest BCUT2D eigenvalue weighted by atomic mass is 10.1. The van der Waals surface area contributed by atoms with Crippen LogP contribution in [0.2, 0.25) is 0 Å². The van der Waals surface area contributed by atoms with Crippen LogP contribution in [0, 0.1) is 0 Å². The number of ether oxygens (including phenoxy) is 1. The van der Waals surface area contributed by atoms with Crippen LogP contribution in [0.3, 0.4) is 0 Å². The molecule has 2 aromatic heterocycles. The molecule has 1 fully saturated rings. The summed E-state index contributed by atoms with van der Waals surface area (Å²) in [4.78, 5) is 12.0. The molecule has 0 bridgehead atoms. The topological polar surface area (TPSA) is 62.8 Å². The minimum atomic E-state index is 0.543. The van der Waals surface area contributed by atoms with E-state index in [1.165, 1.54) is 12.8 Å². The molecule has 5 nitrogen and oxygen atoms in total. The van der Waals surface area contributed by atoms with Gasteiger partial charge in [-0.15, -0.1) is 0 Å². The number of nitrogens with one attached hydrogen (secondary N) is 2. The Bertz CT molecular complexity index is 516. The highest BCUT2D eigenvalue weighted by Crippen LogP contribution is 2.22. The molecule has 2 aromatic rings. The average Bonchev–Trinajstić information content (AvgIpc) is 2.97. The molecule has 1 unspecified atom stereocenters. The van der Waals surface area contributed by atoms with Gasteiger partial charge in [-0.25, -0.2) is 9.97 Å². The van der Waals surface area contributed by atoms with E-state index in [-0.39, 0.29) is 0 Å². The quantitative estimate of drug-likeness (QED) is 0.836. The fourth-order valence-corrected chi connectivity index (χ4v) is 2.37. The third-order valence-electron chi connectivity index (χ3n) is 3.22. The van der Waals surface area contributed by atoms with E-state index in [0.29, 0.717) is 6.04 Å². The van der Waals surface area contributed by atoms with E-state index in [0.717, 1.165) is 35.7 Å². The smallest absolute Gasteiger partial charge is 0.181 e. The van der Waals surface area contributed by atoms with Crippen LogP contribution < -0.4 is 10.1 Å². The molecule has 0 spiro atoms. The number of pyridine rings is 1. The predicted octanol–water partition coefficient (Wildman–Crippen LogP) is 1.26. The van der Waals surface area contributed by atoms with Crippen LogP contribution in [0.4, 0.5) is 0 Å².